The van der Waals surface area contributed by atoms with E-state index in [-0.39, 0.29) is 30.6 Å². The van der Waals surface area contributed by atoms with Crippen LogP contribution in [-0.2, 0) is 22.2 Å². The Kier molecular flexibility index (Phi) is 4.65. The van der Waals surface area contributed by atoms with Crippen molar-refractivity contribution in [3.05, 3.63) is 35.4 Å². The topological polar surface area (TPSA) is 46.2 Å². The second-order valence-corrected chi connectivity index (χ2v) is 5.26. The first-order valence-electron chi connectivity index (χ1n) is 6.82. The maximum Gasteiger partial charge on any atom is 0.416 e. The van der Waals surface area contributed by atoms with Gasteiger partial charge >= 0.3 is 6.18 Å². The van der Waals surface area contributed by atoms with Gasteiger partial charge in [-0.3, -0.25) is 9.59 Å². The van der Waals surface area contributed by atoms with E-state index in [2.05, 4.69) is 5.32 Å². The molecule has 3 nitrogen and oxygen atoms in total. The standard InChI is InChI=1S/C15H16F3NO2/c16-15(17,18)11-3-1-2-10(8-11)9-13(20)6-4-12-5-7-14(21)19-12/h1-3,8,12H,4-7,9H2,(H,19,21). The molecule has 2 rings (SSSR count). The SMILES string of the molecule is O=C(CCC1CCC(=O)N1)Cc1cccc(C(F)(F)F)c1. The molecule has 1 aromatic rings. The number of Topliss-reactive ketones (excluding diaryl/α,β-unsaturated/α-hetero) is 1. The fourth-order valence-electron chi connectivity index (χ4n) is 2.40. The van der Waals surface area contributed by atoms with Gasteiger partial charge in [0.1, 0.15) is 5.78 Å². The van der Waals surface area contributed by atoms with Crippen molar-refractivity contribution in [2.24, 2.45) is 0 Å². The van der Waals surface area contributed by atoms with Crippen LogP contribution in [0.15, 0.2) is 24.3 Å². The molecule has 0 spiro atoms. The first-order valence-corrected chi connectivity index (χ1v) is 6.82. The lowest BCUT2D eigenvalue weighted by atomic mass is 10.0. The zero-order chi connectivity index (χ0) is 15.5. The molecule has 0 aromatic heterocycles. The molecule has 6 heteroatoms. The van der Waals surface area contributed by atoms with Crippen molar-refractivity contribution in [1.29, 1.82) is 0 Å². The molecular weight excluding hydrogens is 283 g/mol. The molecule has 1 aliphatic heterocycles. The third-order valence-corrected chi connectivity index (χ3v) is 3.51. The predicted molar refractivity (Wildman–Crippen MR) is 70.6 cm³/mol. The molecule has 1 fully saturated rings. The summed E-state index contributed by atoms with van der Waals surface area (Å²) in [4.78, 5) is 22.8. The summed E-state index contributed by atoms with van der Waals surface area (Å²) in [6, 6.07) is 4.84. The van der Waals surface area contributed by atoms with Crippen molar-refractivity contribution >= 4 is 11.7 Å². The summed E-state index contributed by atoms with van der Waals surface area (Å²) in [5, 5.41) is 2.76. The minimum atomic E-state index is -4.40. The number of carbonyl (C=O) groups is 2. The van der Waals surface area contributed by atoms with Gasteiger partial charge in [-0.15, -0.1) is 0 Å². The summed E-state index contributed by atoms with van der Waals surface area (Å²) in [6.07, 6.45) is -2.40. The van der Waals surface area contributed by atoms with Gasteiger partial charge in [0.05, 0.1) is 5.56 Å². The fourth-order valence-corrected chi connectivity index (χ4v) is 2.40. The molecule has 1 heterocycles. The molecule has 0 radical (unpaired) electrons. The largest absolute Gasteiger partial charge is 0.416 e. The minimum absolute atomic E-state index is 0.00896. The fraction of sp³-hybridized carbons (Fsp3) is 0.467. The highest BCUT2D eigenvalue weighted by Gasteiger charge is 2.30. The molecule has 114 valence electrons. The highest BCUT2D eigenvalue weighted by Crippen LogP contribution is 2.29. The van der Waals surface area contributed by atoms with E-state index >= 15 is 0 Å². The number of alkyl halides is 3. The number of rotatable bonds is 5. The van der Waals surface area contributed by atoms with Crippen LogP contribution in [0.2, 0.25) is 0 Å². The number of benzene rings is 1. The monoisotopic (exact) mass is 299 g/mol. The number of ketones is 1. The Balaban J connectivity index is 1.86. The molecule has 1 unspecified atom stereocenters. The normalized spacial score (nSPS) is 18.6. The predicted octanol–water partition coefficient (Wildman–Crippen LogP) is 2.88. The van der Waals surface area contributed by atoms with E-state index < -0.39 is 11.7 Å². The average Bonchev–Trinajstić information content (AvgIpc) is 2.82. The van der Waals surface area contributed by atoms with Gasteiger partial charge in [0.25, 0.3) is 0 Å². The Hall–Kier alpha value is -1.85. The zero-order valence-corrected chi connectivity index (χ0v) is 11.4. The van der Waals surface area contributed by atoms with Crippen LogP contribution in [0.3, 0.4) is 0 Å². The van der Waals surface area contributed by atoms with Crippen molar-refractivity contribution in [2.45, 2.75) is 44.3 Å². The molecule has 0 bridgehead atoms. The van der Waals surface area contributed by atoms with Crippen LogP contribution in [0, 0.1) is 0 Å². The van der Waals surface area contributed by atoms with Crippen LogP contribution in [0.4, 0.5) is 13.2 Å². The molecule has 1 saturated heterocycles. The molecule has 0 aliphatic carbocycles. The number of halogens is 3. The molecule has 1 N–H and O–H groups in total. The van der Waals surface area contributed by atoms with Crippen molar-refractivity contribution in [1.82, 2.24) is 5.32 Å². The quantitative estimate of drug-likeness (QED) is 0.908. The van der Waals surface area contributed by atoms with Gasteiger partial charge in [0.15, 0.2) is 0 Å². The average molecular weight is 299 g/mol. The first-order chi connectivity index (χ1) is 9.84. The van der Waals surface area contributed by atoms with Gasteiger partial charge < -0.3 is 5.32 Å². The van der Waals surface area contributed by atoms with Gasteiger partial charge in [0, 0.05) is 25.3 Å². The van der Waals surface area contributed by atoms with E-state index in [0.29, 0.717) is 18.4 Å². The number of hydrogen-bond donors (Lipinski definition) is 1. The maximum atomic E-state index is 12.6. The Labute approximate surface area is 120 Å². The highest BCUT2D eigenvalue weighted by molar-refractivity contribution is 5.81. The number of amides is 1. The smallest absolute Gasteiger partial charge is 0.353 e. The number of nitrogens with one attached hydrogen (secondary N) is 1. The second-order valence-electron chi connectivity index (χ2n) is 5.26. The van der Waals surface area contributed by atoms with Gasteiger partial charge in [-0.05, 0) is 24.5 Å². The molecule has 1 aliphatic rings. The summed E-state index contributed by atoms with van der Waals surface area (Å²) in [5.74, 6) is -0.124. The molecule has 1 atom stereocenters. The third kappa shape index (κ3) is 4.58. The number of carbonyl (C=O) groups excluding carboxylic acids is 2. The molecule has 1 amide bonds. The van der Waals surface area contributed by atoms with Crippen molar-refractivity contribution in [3.63, 3.8) is 0 Å². The molecule has 1 aromatic carbocycles. The van der Waals surface area contributed by atoms with E-state index in [1.807, 2.05) is 0 Å². The van der Waals surface area contributed by atoms with Gasteiger partial charge in [-0.1, -0.05) is 18.2 Å². The van der Waals surface area contributed by atoms with Crippen LogP contribution >= 0.6 is 0 Å². The highest BCUT2D eigenvalue weighted by atomic mass is 19.4. The lowest BCUT2D eigenvalue weighted by molar-refractivity contribution is -0.137. The van der Waals surface area contributed by atoms with Gasteiger partial charge in [-0.25, -0.2) is 0 Å². The van der Waals surface area contributed by atoms with E-state index in [0.717, 1.165) is 18.6 Å². The molecular formula is C15H16F3NO2. The van der Waals surface area contributed by atoms with Crippen molar-refractivity contribution in [2.75, 3.05) is 0 Å². The maximum absolute atomic E-state index is 12.6. The molecule has 21 heavy (non-hydrogen) atoms. The van der Waals surface area contributed by atoms with Gasteiger partial charge in [-0.2, -0.15) is 13.2 Å². The lowest BCUT2D eigenvalue weighted by Gasteiger charge is -2.10. The van der Waals surface area contributed by atoms with E-state index in [4.69, 9.17) is 0 Å². The van der Waals surface area contributed by atoms with Crippen LogP contribution in [0.1, 0.15) is 36.8 Å². The summed E-state index contributed by atoms with van der Waals surface area (Å²) in [5.41, 5.74) is -0.374. The Morgan fingerprint density at radius 3 is 2.71 bits per heavy atom. The second kappa shape index (κ2) is 6.28. The summed E-state index contributed by atoms with van der Waals surface area (Å²) in [6.45, 7) is 0. The summed E-state index contributed by atoms with van der Waals surface area (Å²) in [7, 11) is 0. The van der Waals surface area contributed by atoms with Crippen LogP contribution in [-0.4, -0.2) is 17.7 Å². The van der Waals surface area contributed by atoms with Crippen molar-refractivity contribution < 1.29 is 22.8 Å². The first kappa shape index (κ1) is 15.5. The summed E-state index contributed by atoms with van der Waals surface area (Å²) < 4.78 is 37.7. The minimum Gasteiger partial charge on any atom is -0.353 e. The van der Waals surface area contributed by atoms with Crippen molar-refractivity contribution in [3.8, 4) is 0 Å². The van der Waals surface area contributed by atoms with E-state index in [1.165, 1.54) is 12.1 Å². The van der Waals surface area contributed by atoms with Crippen LogP contribution in [0.5, 0.6) is 0 Å². The van der Waals surface area contributed by atoms with E-state index in [1.54, 1.807) is 0 Å². The summed E-state index contributed by atoms with van der Waals surface area (Å²) >= 11 is 0. The molecule has 0 saturated carbocycles. The van der Waals surface area contributed by atoms with Gasteiger partial charge in [0.2, 0.25) is 5.91 Å². The van der Waals surface area contributed by atoms with Crippen LogP contribution in [0.25, 0.3) is 0 Å². The van der Waals surface area contributed by atoms with E-state index in [9.17, 15) is 22.8 Å². The Morgan fingerprint density at radius 1 is 1.33 bits per heavy atom. The lowest BCUT2D eigenvalue weighted by Crippen LogP contribution is -2.25. The Morgan fingerprint density at radius 2 is 2.10 bits per heavy atom. The zero-order valence-electron chi connectivity index (χ0n) is 11.4. The number of hydrogen-bond acceptors (Lipinski definition) is 2. The Bertz CT molecular complexity index is 540. The van der Waals surface area contributed by atoms with Crippen LogP contribution < -0.4 is 5.32 Å². The third-order valence-electron chi connectivity index (χ3n) is 3.51.